The Hall–Kier alpha value is -3.02. The minimum Gasteiger partial charge on any atom is -0.497 e. The molecule has 2 amide bonds. The summed E-state index contributed by atoms with van der Waals surface area (Å²) in [4.78, 5) is 26.8. The van der Waals surface area contributed by atoms with Crippen LogP contribution in [0, 0.1) is 6.92 Å². The summed E-state index contributed by atoms with van der Waals surface area (Å²) >= 11 is 0. The van der Waals surface area contributed by atoms with Crippen molar-refractivity contribution in [3.05, 3.63) is 53.6 Å². The van der Waals surface area contributed by atoms with Crippen LogP contribution in [0.25, 0.3) is 0 Å². The monoisotopic (exact) mass is 382 g/mol. The molecule has 0 saturated carbocycles. The van der Waals surface area contributed by atoms with Crippen LogP contribution in [0.1, 0.15) is 31.4 Å². The highest BCUT2D eigenvalue weighted by molar-refractivity contribution is 6.02. The zero-order chi connectivity index (χ0) is 20.3. The highest BCUT2D eigenvalue weighted by atomic mass is 16.5. The Labute approximate surface area is 165 Å². The van der Waals surface area contributed by atoms with Crippen molar-refractivity contribution >= 4 is 17.5 Å². The first kappa shape index (κ1) is 19.7. The molecule has 0 aromatic heterocycles. The Morgan fingerprint density at radius 1 is 1.18 bits per heavy atom. The van der Waals surface area contributed by atoms with Crippen molar-refractivity contribution in [1.82, 2.24) is 5.32 Å². The van der Waals surface area contributed by atoms with Crippen LogP contribution in [0.3, 0.4) is 0 Å². The normalized spacial score (nSPS) is 14.9. The number of rotatable bonds is 6. The lowest BCUT2D eigenvalue weighted by Crippen LogP contribution is -2.53. The molecule has 0 atom stereocenters. The molecule has 0 saturated heterocycles. The minimum atomic E-state index is -0.957. The number of nitrogens with one attached hydrogen (secondary N) is 1. The van der Waals surface area contributed by atoms with Gasteiger partial charge in [-0.15, -0.1) is 0 Å². The molecule has 28 heavy (non-hydrogen) atoms. The van der Waals surface area contributed by atoms with Crippen molar-refractivity contribution in [2.75, 3.05) is 18.6 Å². The Morgan fingerprint density at radius 3 is 2.57 bits per heavy atom. The van der Waals surface area contributed by atoms with Gasteiger partial charge in [-0.25, -0.2) is 0 Å². The smallest absolute Gasteiger partial charge is 0.270 e. The van der Waals surface area contributed by atoms with Gasteiger partial charge in [0.15, 0.2) is 5.60 Å². The van der Waals surface area contributed by atoms with Gasteiger partial charge in [0.05, 0.1) is 12.8 Å². The summed E-state index contributed by atoms with van der Waals surface area (Å²) in [6, 6.07) is 13.3. The predicted octanol–water partition coefficient (Wildman–Crippen LogP) is 3.21. The number of fused-ring (bicyclic) bond motifs is 1. The van der Waals surface area contributed by atoms with Gasteiger partial charge in [-0.2, -0.15) is 0 Å². The molecule has 148 valence electrons. The van der Waals surface area contributed by atoms with Crippen molar-refractivity contribution in [2.45, 2.75) is 39.3 Å². The molecule has 0 aliphatic carbocycles. The third-order valence-corrected chi connectivity index (χ3v) is 4.74. The van der Waals surface area contributed by atoms with Crippen LogP contribution in [0.5, 0.6) is 11.5 Å². The van der Waals surface area contributed by atoms with Crippen LogP contribution < -0.4 is 19.7 Å². The quantitative estimate of drug-likeness (QED) is 0.833. The molecule has 0 bridgehead atoms. The fourth-order valence-electron chi connectivity index (χ4n) is 3.15. The SMILES string of the molecule is COc1ccc(CNC(=O)CCN2C(=O)C(C)(C)Oc3ccc(C)cc32)cc1. The van der Waals surface area contributed by atoms with Crippen LogP contribution in [0.15, 0.2) is 42.5 Å². The first-order valence-corrected chi connectivity index (χ1v) is 9.31. The standard InChI is InChI=1S/C22H26N2O4/c1-15-5-10-19-18(13-15)24(21(26)22(2,3)28-19)12-11-20(25)23-14-16-6-8-17(27-4)9-7-16/h5-10,13H,11-12,14H2,1-4H3,(H,23,25). The van der Waals surface area contributed by atoms with E-state index in [4.69, 9.17) is 9.47 Å². The van der Waals surface area contributed by atoms with Crippen molar-refractivity contribution in [3.63, 3.8) is 0 Å². The van der Waals surface area contributed by atoms with Gasteiger partial charge in [0.1, 0.15) is 11.5 Å². The number of benzene rings is 2. The van der Waals surface area contributed by atoms with Crippen LogP contribution in [0.2, 0.25) is 0 Å². The maximum atomic E-state index is 12.8. The van der Waals surface area contributed by atoms with Crippen LogP contribution in [-0.4, -0.2) is 31.1 Å². The molecule has 1 aliphatic rings. The summed E-state index contributed by atoms with van der Waals surface area (Å²) in [5, 5.41) is 2.90. The maximum absolute atomic E-state index is 12.8. The number of ether oxygens (including phenoxy) is 2. The van der Waals surface area contributed by atoms with Crippen LogP contribution >= 0.6 is 0 Å². The fraction of sp³-hybridized carbons (Fsp3) is 0.364. The second-order valence-electron chi connectivity index (χ2n) is 7.42. The highest BCUT2D eigenvalue weighted by Crippen LogP contribution is 2.38. The summed E-state index contributed by atoms with van der Waals surface area (Å²) in [5.74, 6) is 1.18. The molecule has 6 heteroatoms. The van der Waals surface area contributed by atoms with E-state index in [1.54, 1.807) is 25.9 Å². The number of nitrogens with zero attached hydrogens (tertiary/aromatic N) is 1. The molecule has 0 radical (unpaired) electrons. The molecule has 0 fully saturated rings. The number of hydrogen-bond donors (Lipinski definition) is 1. The lowest BCUT2D eigenvalue weighted by atomic mass is 10.0. The third kappa shape index (κ3) is 4.27. The average molecular weight is 382 g/mol. The number of methoxy groups -OCH3 is 1. The van der Waals surface area contributed by atoms with E-state index in [-0.39, 0.29) is 18.2 Å². The molecule has 2 aromatic rings. The van der Waals surface area contributed by atoms with Gasteiger partial charge in [0.2, 0.25) is 5.91 Å². The zero-order valence-corrected chi connectivity index (χ0v) is 16.7. The number of hydrogen-bond acceptors (Lipinski definition) is 4. The number of carbonyl (C=O) groups excluding carboxylic acids is 2. The second-order valence-corrected chi connectivity index (χ2v) is 7.42. The zero-order valence-electron chi connectivity index (χ0n) is 16.7. The van der Waals surface area contributed by atoms with Gasteiger partial charge in [-0.05, 0) is 56.2 Å². The van der Waals surface area contributed by atoms with Gasteiger partial charge in [-0.1, -0.05) is 18.2 Å². The minimum absolute atomic E-state index is 0.109. The molecular weight excluding hydrogens is 356 g/mol. The molecule has 6 nitrogen and oxygen atoms in total. The van der Waals surface area contributed by atoms with E-state index in [2.05, 4.69) is 5.32 Å². The Morgan fingerprint density at radius 2 is 1.89 bits per heavy atom. The van der Waals surface area contributed by atoms with Gasteiger partial charge in [-0.3, -0.25) is 9.59 Å². The van der Waals surface area contributed by atoms with E-state index in [1.165, 1.54) is 0 Å². The average Bonchev–Trinajstić information content (AvgIpc) is 2.67. The van der Waals surface area contributed by atoms with Crippen LogP contribution in [0.4, 0.5) is 5.69 Å². The predicted molar refractivity (Wildman–Crippen MR) is 108 cm³/mol. The summed E-state index contributed by atoms with van der Waals surface area (Å²) < 4.78 is 11.0. The topological polar surface area (TPSA) is 67.9 Å². The summed E-state index contributed by atoms with van der Waals surface area (Å²) in [6.45, 7) is 6.19. The largest absolute Gasteiger partial charge is 0.497 e. The van der Waals surface area contributed by atoms with Crippen LogP contribution in [-0.2, 0) is 16.1 Å². The van der Waals surface area contributed by atoms with Crippen molar-refractivity contribution in [2.24, 2.45) is 0 Å². The molecular formula is C22H26N2O4. The molecule has 0 spiro atoms. The number of carbonyl (C=O) groups is 2. The maximum Gasteiger partial charge on any atom is 0.270 e. The number of anilines is 1. The Kier molecular flexibility index (Phi) is 5.58. The van der Waals surface area contributed by atoms with Crippen molar-refractivity contribution in [1.29, 1.82) is 0 Å². The lowest BCUT2D eigenvalue weighted by Gasteiger charge is -2.38. The first-order chi connectivity index (χ1) is 13.3. The molecule has 2 aromatic carbocycles. The first-order valence-electron chi connectivity index (χ1n) is 9.31. The summed E-state index contributed by atoms with van der Waals surface area (Å²) in [7, 11) is 1.62. The van der Waals surface area contributed by atoms with Gasteiger partial charge >= 0.3 is 0 Å². The Bertz CT molecular complexity index is 875. The van der Waals surface area contributed by atoms with E-state index in [0.717, 1.165) is 16.9 Å². The third-order valence-electron chi connectivity index (χ3n) is 4.74. The summed E-state index contributed by atoms with van der Waals surface area (Å²) in [6.07, 6.45) is 0.214. The van der Waals surface area contributed by atoms with E-state index in [9.17, 15) is 9.59 Å². The van der Waals surface area contributed by atoms with Gasteiger partial charge < -0.3 is 19.7 Å². The molecule has 1 aliphatic heterocycles. The van der Waals surface area contributed by atoms with E-state index >= 15 is 0 Å². The van der Waals surface area contributed by atoms with Gasteiger partial charge in [0, 0.05) is 19.5 Å². The summed E-state index contributed by atoms with van der Waals surface area (Å²) in [5.41, 5.74) is 1.77. The van der Waals surface area contributed by atoms with Crippen molar-refractivity contribution < 1.29 is 19.1 Å². The lowest BCUT2D eigenvalue weighted by molar-refractivity contribution is -0.132. The van der Waals surface area contributed by atoms with E-state index < -0.39 is 5.60 Å². The van der Waals surface area contributed by atoms with Crippen molar-refractivity contribution in [3.8, 4) is 11.5 Å². The second kappa shape index (κ2) is 7.92. The van der Waals surface area contributed by atoms with E-state index in [0.29, 0.717) is 24.5 Å². The number of aryl methyl sites for hydroxylation is 1. The fourth-order valence-corrected chi connectivity index (χ4v) is 3.15. The molecule has 0 unspecified atom stereocenters. The highest BCUT2D eigenvalue weighted by Gasteiger charge is 2.40. The molecule has 3 rings (SSSR count). The molecule has 1 N–H and O–H groups in total. The molecule has 1 heterocycles. The van der Waals surface area contributed by atoms with E-state index in [1.807, 2.05) is 49.4 Å². The number of amides is 2. The Balaban J connectivity index is 1.63. The van der Waals surface area contributed by atoms with Gasteiger partial charge in [0.25, 0.3) is 5.91 Å².